The molecule has 1 heterocycles. The van der Waals surface area contributed by atoms with Gasteiger partial charge < -0.3 is 10.5 Å². The molecule has 0 saturated carbocycles. The molecule has 0 amide bonds. The summed E-state index contributed by atoms with van der Waals surface area (Å²) in [7, 11) is 0. The minimum Gasteiger partial charge on any atom is -0.465 e. The van der Waals surface area contributed by atoms with E-state index in [1.165, 1.54) is 5.38 Å². The Morgan fingerprint density at radius 3 is 2.71 bits per heavy atom. The van der Waals surface area contributed by atoms with Gasteiger partial charge in [-0.3, -0.25) is 4.79 Å². The topological polar surface area (TPSA) is 52.3 Å². The zero-order valence-corrected chi connectivity index (χ0v) is 9.90. The number of halogens is 3. The molecule has 0 fully saturated rings. The van der Waals surface area contributed by atoms with Crippen molar-refractivity contribution in [1.29, 1.82) is 0 Å². The van der Waals surface area contributed by atoms with Crippen LogP contribution < -0.4 is 5.73 Å². The molecule has 0 aliphatic heterocycles. The molecule has 1 rings (SSSR count). The van der Waals surface area contributed by atoms with Crippen LogP contribution >= 0.6 is 11.3 Å². The van der Waals surface area contributed by atoms with Gasteiger partial charge in [0.15, 0.2) is 0 Å². The fourth-order valence-electron chi connectivity index (χ4n) is 1.30. The molecule has 2 N–H and O–H groups in total. The molecule has 96 valence electrons. The molecule has 17 heavy (non-hydrogen) atoms. The first-order valence-corrected chi connectivity index (χ1v) is 5.85. The van der Waals surface area contributed by atoms with Gasteiger partial charge in [-0.1, -0.05) is 0 Å². The summed E-state index contributed by atoms with van der Waals surface area (Å²) < 4.78 is 42.2. The maximum Gasteiger partial charge on any atom is 0.417 e. The van der Waals surface area contributed by atoms with Crippen molar-refractivity contribution in [2.45, 2.75) is 25.6 Å². The molecular weight excluding hydrogens is 255 g/mol. The third kappa shape index (κ3) is 3.71. The second kappa shape index (κ2) is 5.50. The van der Waals surface area contributed by atoms with Gasteiger partial charge in [0.25, 0.3) is 0 Å². The van der Waals surface area contributed by atoms with Gasteiger partial charge in [0.1, 0.15) is 6.04 Å². The molecule has 0 bridgehead atoms. The third-order valence-electron chi connectivity index (χ3n) is 2.08. The first-order chi connectivity index (χ1) is 7.86. The molecule has 0 saturated heterocycles. The minimum atomic E-state index is -4.41. The molecule has 1 aromatic rings. The molecule has 0 aliphatic rings. The molecule has 1 aromatic heterocycles. The molecule has 0 radical (unpaired) electrons. The smallest absolute Gasteiger partial charge is 0.417 e. The lowest BCUT2D eigenvalue weighted by atomic mass is 10.1. The Hall–Kier alpha value is -1.08. The number of alkyl halides is 3. The van der Waals surface area contributed by atoms with Crippen LogP contribution in [0.4, 0.5) is 13.2 Å². The summed E-state index contributed by atoms with van der Waals surface area (Å²) in [5.74, 6) is -0.688. The molecule has 0 aliphatic carbocycles. The van der Waals surface area contributed by atoms with Crippen molar-refractivity contribution in [3.63, 3.8) is 0 Å². The predicted octanol–water partition coefficient (Wildman–Crippen LogP) is 2.20. The van der Waals surface area contributed by atoms with Crippen LogP contribution in [-0.4, -0.2) is 18.6 Å². The number of carbonyl (C=O) groups is 1. The van der Waals surface area contributed by atoms with Gasteiger partial charge >= 0.3 is 12.1 Å². The van der Waals surface area contributed by atoms with Crippen molar-refractivity contribution in [3.05, 3.63) is 21.9 Å². The number of rotatable bonds is 4. The van der Waals surface area contributed by atoms with Gasteiger partial charge in [-0.05, 0) is 24.3 Å². The highest BCUT2D eigenvalue weighted by atomic mass is 32.1. The largest absolute Gasteiger partial charge is 0.465 e. The molecule has 0 spiro atoms. The second-order valence-electron chi connectivity index (χ2n) is 3.37. The summed E-state index contributed by atoms with van der Waals surface area (Å²) in [6.45, 7) is 1.76. The number of thiophene rings is 1. The van der Waals surface area contributed by atoms with Crippen molar-refractivity contribution >= 4 is 17.3 Å². The molecule has 7 heteroatoms. The summed E-state index contributed by atoms with van der Waals surface area (Å²) in [4.78, 5) is 11.2. The highest BCUT2D eigenvalue weighted by Crippen LogP contribution is 2.34. The van der Waals surface area contributed by atoms with Crippen molar-refractivity contribution < 1.29 is 22.7 Å². The van der Waals surface area contributed by atoms with Gasteiger partial charge in [0, 0.05) is 5.38 Å². The van der Waals surface area contributed by atoms with Crippen LogP contribution in [0, 0.1) is 0 Å². The number of carbonyl (C=O) groups excluding carboxylic acids is 1. The number of ether oxygens (including phenoxy) is 1. The van der Waals surface area contributed by atoms with E-state index in [9.17, 15) is 18.0 Å². The van der Waals surface area contributed by atoms with E-state index in [1.807, 2.05) is 0 Å². The predicted molar refractivity (Wildman–Crippen MR) is 57.6 cm³/mol. The van der Waals surface area contributed by atoms with E-state index in [4.69, 9.17) is 5.73 Å². The third-order valence-corrected chi connectivity index (χ3v) is 2.87. The Morgan fingerprint density at radius 1 is 1.53 bits per heavy atom. The van der Waals surface area contributed by atoms with Crippen LogP contribution in [0.3, 0.4) is 0 Å². The Bertz CT molecular complexity index is 389. The summed E-state index contributed by atoms with van der Waals surface area (Å²) in [5.41, 5.74) is 4.77. The highest BCUT2D eigenvalue weighted by molar-refractivity contribution is 7.08. The van der Waals surface area contributed by atoms with Gasteiger partial charge in [0.2, 0.25) is 0 Å². The summed E-state index contributed by atoms with van der Waals surface area (Å²) in [5, 5.41) is 2.36. The summed E-state index contributed by atoms with van der Waals surface area (Å²) >= 11 is 0.932. The highest BCUT2D eigenvalue weighted by Gasteiger charge is 2.34. The summed E-state index contributed by atoms with van der Waals surface area (Å²) in [6.07, 6.45) is -4.58. The standard InChI is InChI=1S/C10H12F3NO2S/c1-2-16-9(15)8(14)3-6-4-17-5-7(6)10(11,12)13/h4-5,8H,2-3,14H2,1H3. The van der Waals surface area contributed by atoms with E-state index in [1.54, 1.807) is 6.92 Å². The Kier molecular flexibility index (Phi) is 4.53. The van der Waals surface area contributed by atoms with Crippen LogP contribution in [-0.2, 0) is 22.1 Å². The molecule has 1 atom stereocenters. The molecule has 1 unspecified atom stereocenters. The van der Waals surface area contributed by atoms with E-state index in [2.05, 4.69) is 4.74 Å². The molecule has 0 aromatic carbocycles. The van der Waals surface area contributed by atoms with Crippen molar-refractivity contribution in [3.8, 4) is 0 Å². The van der Waals surface area contributed by atoms with E-state index >= 15 is 0 Å². The SMILES string of the molecule is CCOC(=O)C(N)Cc1cscc1C(F)(F)F. The number of hydrogen-bond donors (Lipinski definition) is 1. The molecular formula is C10H12F3NO2S. The first-order valence-electron chi connectivity index (χ1n) is 4.90. The van der Waals surface area contributed by atoms with Crippen LogP contribution in [0.15, 0.2) is 10.8 Å². The van der Waals surface area contributed by atoms with Crippen molar-refractivity contribution in [1.82, 2.24) is 0 Å². The lowest BCUT2D eigenvalue weighted by Crippen LogP contribution is -2.34. The van der Waals surface area contributed by atoms with E-state index in [-0.39, 0.29) is 18.6 Å². The Labute approximate surface area is 100 Å². The number of esters is 1. The first kappa shape index (κ1) is 14.0. The van der Waals surface area contributed by atoms with E-state index in [0.717, 1.165) is 16.7 Å². The lowest BCUT2D eigenvalue weighted by Gasteiger charge is -2.12. The maximum absolute atomic E-state index is 12.5. The maximum atomic E-state index is 12.5. The normalized spacial score (nSPS) is 13.5. The monoisotopic (exact) mass is 267 g/mol. The Morgan fingerprint density at radius 2 is 2.18 bits per heavy atom. The van der Waals surface area contributed by atoms with Crippen LogP contribution in [0.5, 0.6) is 0 Å². The molecule has 3 nitrogen and oxygen atoms in total. The van der Waals surface area contributed by atoms with Crippen molar-refractivity contribution in [2.24, 2.45) is 5.73 Å². The quantitative estimate of drug-likeness (QED) is 0.851. The zero-order chi connectivity index (χ0) is 13.1. The van der Waals surface area contributed by atoms with E-state index in [0.29, 0.717) is 0 Å². The van der Waals surface area contributed by atoms with Gasteiger partial charge in [-0.25, -0.2) is 0 Å². The lowest BCUT2D eigenvalue weighted by molar-refractivity contribution is -0.145. The van der Waals surface area contributed by atoms with Gasteiger partial charge in [-0.2, -0.15) is 24.5 Å². The average molecular weight is 267 g/mol. The van der Waals surface area contributed by atoms with Crippen LogP contribution in [0.25, 0.3) is 0 Å². The second-order valence-corrected chi connectivity index (χ2v) is 4.11. The zero-order valence-electron chi connectivity index (χ0n) is 9.08. The minimum absolute atomic E-state index is 0.0306. The van der Waals surface area contributed by atoms with Gasteiger partial charge in [-0.15, -0.1) is 0 Å². The van der Waals surface area contributed by atoms with Crippen LogP contribution in [0.1, 0.15) is 18.1 Å². The number of nitrogens with two attached hydrogens (primary N) is 1. The fraction of sp³-hybridized carbons (Fsp3) is 0.500. The van der Waals surface area contributed by atoms with Crippen LogP contribution in [0.2, 0.25) is 0 Å². The number of hydrogen-bond acceptors (Lipinski definition) is 4. The fourth-order valence-corrected chi connectivity index (χ4v) is 2.18. The van der Waals surface area contributed by atoms with Crippen molar-refractivity contribution in [2.75, 3.05) is 6.61 Å². The summed E-state index contributed by atoms with van der Waals surface area (Å²) in [6, 6.07) is -1.06. The Balaban J connectivity index is 2.76. The average Bonchev–Trinajstić information content (AvgIpc) is 2.65. The van der Waals surface area contributed by atoms with Gasteiger partial charge in [0.05, 0.1) is 12.2 Å². The van der Waals surface area contributed by atoms with E-state index < -0.39 is 23.8 Å².